The van der Waals surface area contributed by atoms with Gasteiger partial charge in [0, 0.05) is 0 Å². The van der Waals surface area contributed by atoms with Crippen LogP contribution in [0.2, 0.25) is 0 Å². The van der Waals surface area contributed by atoms with Gasteiger partial charge in [0.2, 0.25) is 0 Å². The van der Waals surface area contributed by atoms with E-state index in [0.29, 0.717) is 6.61 Å². The van der Waals surface area contributed by atoms with E-state index in [1.54, 1.807) is 0 Å². The fraction of sp³-hybridized carbons (Fsp3) is 0.900. The van der Waals surface area contributed by atoms with Crippen LogP contribution in [0, 0.1) is 5.92 Å². The molecule has 1 rings (SSSR count). The molecule has 1 aliphatic carbocycles. The fourth-order valence-electron chi connectivity index (χ4n) is 1.27. The van der Waals surface area contributed by atoms with Gasteiger partial charge in [0.05, 0.1) is 6.61 Å². The Bertz CT molecular complexity index is 166. The van der Waals surface area contributed by atoms with Gasteiger partial charge in [-0.2, -0.15) is 0 Å². The molecule has 0 aromatic rings. The molecule has 1 aliphatic rings. The van der Waals surface area contributed by atoms with Crippen molar-refractivity contribution in [2.45, 2.75) is 39.2 Å². The van der Waals surface area contributed by atoms with Crippen molar-refractivity contribution in [3.63, 3.8) is 0 Å². The summed E-state index contributed by atoms with van der Waals surface area (Å²) in [6, 6.07) is -0.0967. The van der Waals surface area contributed by atoms with Crippen molar-refractivity contribution in [2.75, 3.05) is 13.2 Å². The van der Waals surface area contributed by atoms with Gasteiger partial charge in [-0.25, -0.2) is 0 Å². The molecular formula is C10H19NO2. The maximum Gasteiger partial charge on any atom is 0.323 e. The van der Waals surface area contributed by atoms with Crippen LogP contribution in [0.25, 0.3) is 0 Å². The zero-order valence-electron chi connectivity index (χ0n) is 8.51. The molecular weight excluding hydrogens is 166 g/mol. The maximum absolute atomic E-state index is 11.3. The average molecular weight is 185 g/mol. The van der Waals surface area contributed by atoms with Crippen molar-refractivity contribution in [3.05, 3.63) is 0 Å². The van der Waals surface area contributed by atoms with E-state index in [1.807, 2.05) is 13.8 Å². The normalized spacial score (nSPS) is 18.3. The largest absolute Gasteiger partial charge is 0.465 e. The molecule has 13 heavy (non-hydrogen) atoms. The number of hydrogen-bond donors (Lipinski definition) is 1. The predicted octanol–water partition coefficient (Wildman–Crippen LogP) is 1.33. The summed E-state index contributed by atoms with van der Waals surface area (Å²) >= 11 is 0. The predicted molar refractivity (Wildman–Crippen MR) is 51.4 cm³/mol. The molecule has 3 nitrogen and oxygen atoms in total. The number of carbonyl (C=O) groups is 1. The second kappa shape index (κ2) is 5.22. The molecule has 1 saturated carbocycles. The minimum Gasteiger partial charge on any atom is -0.465 e. The van der Waals surface area contributed by atoms with E-state index in [4.69, 9.17) is 4.74 Å². The first kappa shape index (κ1) is 10.5. The van der Waals surface area contributed by atoms with Gasteiger partial charge in [-0.3, -0.25) is 4.79 Å². The summed E-state index contributed by atoms with van der Waals surface area (Å²) in [4.78, 5) is 11.3. The van der Waals surface area contributed by atoms with Crippen molar-refractivity contribution in [1.82, 2.24) is 5.32 Å². The monoisotopic (exact) mass is 185 g/mol. The first-order valence-electron chi connectivity index (χ1n) is 5.18. The highest BCUT2D eigenvalue weighted by Crippen LogP contribution is 2.27. The second-order valence-corrected chi connectivity index (χ2v) is 3.56. The van der Waals surface area contributed by atoms with E-state index in [2.05, 4.69) is 5.32 Å². The molecule has 3 heteroatoms. The summed E-state index contributed by atoms with van der Waals surface area (Å²) in [5.74, 6) is 0.703. The Hall–Kier alpha value is -0.570. The summed E-state index contributed by atoms with van der Waals surface area (Å²) in [5.41, 5.74) is 0. The summed E-state index contributed by atoms with van der Waals surface area (Å²) in [6.07, 6.45) is 3.43. The van der Waals surface area contributed by atoms with Gasteiger partial charge in [-0.1, -0.05) is 6.92 Å². The lowest BCUT2D eigenvalue weighted by Crippen LogP contribution is -2.38. The molecule has 1 atom stereocenters. The van der Waals surface area contributed by atoms with E-state index in [1.165, 1.54) is 12.8 Å². The van der Waals surface area contributed by atoms with Gasteiger partial charge >= 0.3 is 5.97 Å². The van der Waals surface area contributed by atoms with Crippen molar-refractivity contribution in [2.24, 2.45) is 5.92 Å². The van der Waals surface area contributed by atoms with Gasteiger partial charge in [-0.15, -0.1) is 0 Å². The number of rotatable bonds is 6. The molecule has 0 amide bonds. The molecule has 1 unspecified atom stereocenters. The van der Waals surface area contributed by atoms with Crippen molar-refractivity contribution >= 4 is 5.97 Å². The van der Waals surface area contributed by atoms with Gasteiger partial charge in [0.15, 0.2) is 0 Å². The number of nitrogens with one attached hydrogen (secondary N) is 1. The lowest BCUT2D eigenvalue weighted by atomic mass is 10.2. The Kier molecular flexibility index (Phi) is 4.22. The number of ether oxygens (including phenoxy) is 1. The van der Waals surface area contributed by atoms with Gasteiger partial charge < -0.3 is 10.1 Å². The van der Waals surface area contributed by atoms with Crippen LogP contribution in [-0.2, 0) is 9.53 Å². The summed E-state index contributed by atoms with van der Waals surface area (Å²) in [7, 11) is 0. The van der Waals surface area contributed by atoms with E-state index in [-0.39, 0.29) is 12.0 Å². The molecule has 0 radical (unpaired) electrons. The zero-order valence-corrected chi connectivity index (χ0v) is 8.51. The minimum atomic E-state index is -0.106. The van der Waals surface area contributed by atoms with Gasteiger partial charge in [0.1, 0.15) is 6.04 Å². The zero-order chi connectivity index (χ0) is 9.68. The maximum atomic E-state index is 11.3. The van der Waals surface area contributed by atoms with Crippen LogP contribution in [0.15, 0.2) is 0 Å². The molecule has 0 spiro atoms. The summed E-state index contributed by atoms with van der Waals surface area (Å²) in [5, 5.41) is 3.24. The van der Waals surface area contributed by atoms with E-state index in [9.17, 15) is 4.79 Å². The third-order valence-electron chi connectivity index (χ3n) is 2.33. The van der Waals surface area contributed by atoms with Crippen molar-refractivity contribution in [1.29, 1.82) is 0 Å². The van der Waals surface area contributed by atoms with E-state index >= 15 is 0 Å². The highest BCUT2D eigenvalue weighted by atomic mass is 16.5. The average Bonchev–Trinajstić information content (AvgIpc) is 2.89. The number of carbonyl (C=O) groups excluding carboxylic acids is 1. The summed E-state index contributed by atoms with van der Waals surface area (Å²) < 4.78 is 4.95. The molecule has 76 valence electrons. The lowest BCUT2D eigenvalue weighted by Gasteiger charge is -2.14. The topological polar surface area (TPSA) is 38.3 Å². The summed E-state index contributed by atoms with van der Waals surface area (Å²) in [6.45, 7) is 5.28. The molecule has 0 heterocycles. The molecule has 0 aromatic carbocycles. The fourth-order valence-corrected chi connectivity index (χ4v) is 1.27. The molecule has 1 fully saturated rings. The Morgan fingerprint density at radius 3 is 2.69 bits per heavy atom. The highest BCUT2D eigenvalue weighted by Gasteiger charge is 2.24. The Morgan fingerprint density at radius 1 is 1.54 bits per heavy atom. The Labute approximate surface area is 79.8 Å². The third-order valence-corrected chi connectivity index (χ3v) is 2.33. The van der Waals surface area contributed by atoms with Crippen LogP contribution >= 0.6 is 0 Å². The molecule has 0 bridgehead atoms. The molecule has 0 aliphatic heterocycles. The molecule has 1 N–H and O–H groups in total. The van der Waals surface area contributed by atoms with Crippen LogP contribution < -0.4 is 5.32 Å². The second-order valence-electron chi connectivity index (χ2n) is 3.56. The molecule has 0 aromatic heterocycles. The smallest absolute Gasteiger partial charge is 0.323 e. The quantitative estimate of drug-likeness (QED) is 0.634. The molecule has 0 saturated heterocycles. The van der Waals surface area contributed by atoms with Crippen LogP contribution in [0.1, 0.15) is 33.1 Å². The minimum absolute atomic E-state index is 0.0967. The lowest BCUT2D eigenvalue weighted by molar-refractivity contribution is -0.145. The van der Waals surface area contributed by atoms with Crippen LogP contribution in [0.5, 0.6) is 0 Å². The highest BCUT2D eigenvalue weighted by molar-refractivity contribution is 5.75. The first-order valence-corrected chi connectivity index (χ1v) is 5.18. The van der Waals surface area contributed by atoms with Crippen molar-refractivity contribution < 1.29 is 9.53 Å². The van der Waals surface area contributed by atoms with Crippen LogP contribution in [0.4, 0.5) is 0 Å². The van der Waals surface area contributed by atoms with Crippen molar-refractivity contribution in [3.8, 4) is 0 Å². The van der Waals surface area contributed by atoms with Crippen LogP contribution in [0.3, 0.4) is 0 Å². The first-order chi connectivity index (χ1) is 6.27. The van der Waals surface area contributed by atoms with E-state index < -0.39 is 0 Å². The van der Waals surface area contributed by atoms with Gasteiger partial charge in [0.25, 0.3) is 0 Å². The SMILES string of the molecule is CCOC(=O)C(CC)NCC1CC1. The van der Waals surface area contributed by atoms with Gasteiger partial charge in [-0.05, 0) is 38.6 Å². The standard InChI is InChI=1S/C10H19NO2/c1-3-9(10(12)13-4-2)11-7-8-5-6-8/h8-9,11H,3-7H2,1-2H3. The Balaban J connectivity index is 2.18. The third kappa shape index (κ3) is 3.77. The number of hydrogen-bond acceptors (Lipinski definition) is 3. The van der Waals surface area contributed by atoms with Crippen LogP contribution in [-0.4, -0.2) is 25.2 Å². The number of esters is 1. The van der Waals surface area contributed by atoms with E-state index in [0.717, 1.165) is 18.9 Å². The Morgan fingerprint density at radius 2 is 2.23 bits per heavy atom.